The highest BCUT2D eigenvalue weighted by atomic mass is 16.5. The number of hydrogen-bond donors (Lipinski definition) is 2. The van der Waals surface area contributed by atoms with E-state index in [1.807, 2.05) is 0 Å². The molecule has 1 aliphatic rings. The summed E-state index contributed by atoms with van der Waals surface area (Å²) in [6.45, 7) is 0.618. The molecule has 6 nitrogen and oxygen atoms in total. The number of hydrogen-bond acceptors (Lipinski definition) is 6. The minimum atomic E-state index is -0.589. The third kappa shape index (κ3) is 2.78. The zero-order valence-corrected chi connectivity index (χ0v) is 9.13. The molecule has 2 heterocycles. The van der Waals surface area contributed by atoms with Crippen LogP contribution in [0.1, 0.15) is 37.0 Å². The first kappa shape index (κ1) is 11.5. The summed E-state index contributed by atoms with van der Waals surface area (Å²) in [6.07, 6.45) is 4.19. The highest BCUT2D eigenvalue weighted by Crippen LogP contribution is 2.16. The Morgan fingerprint density at radius 3 is 3.06 bits per heavy atom. The van der Waals surface area contributed by atoms with Crippen LogP contribution in [-0.4, -0.2) is 34.6 Å². The van der Waals surface area contributed by atoms with Crippen LogP contribution in [0.4, 0.5) is 0 Å². The standard InChI is InChI=1S/C10H17N3O3/c11-8(6-14)10-12-9(13-16-10)5-7-3-1-2-4-15-7/h7-8,14H,1-6,11H2/t7?,8-/m1/s1. The first-order valence-corrected chi connectivity index (χ1v) is 5.60. The molecule has 0 aromatic carbocycles. The highest BCUT2D eigenvalue weighted by molar-refractivity contribution is 4.93. The average molecular weight is 227 g/mol. The quantitative estimate of drug-likeness (QED) is 0.761. The predicted octanol–water partition coefficient (Wildman–Crippen LogP) is 0.173. The molecule has 6 heteroatoms. The van der Waals surface area contributed by atoms with E-state index in [4.69, 9.17) is 20.1 Å². The average Bonchev–Trinajstić information content (AvgIpc) is 2.78. The molecule has 3 N–H and O–H groups in total. The van der Waals surface area contributed by atoms with Crippen LogP contribution in [0.2, 0.25) is 0 Å². The highest BCUT2D eigenvalue weighted by Gasteiger charge is 2.19. The van der Waals surface area contributed by atoms with Crippen LogP contribution < -0.4 is 5.73 Å². The number of nitrogens with two attached hydrogens (primary N) is 1. The minimum Gasteiger partial charge on any atom is -0.394 e. The van der Waals surface area contributed by atoms with Crippen LogP contribution >= 0.6 is 0 Å². The van der Waals surface area contributed by atoms with Gasteiger partial charge in [-0.1, -0.05) is 5.16 Å². The summed E-state index contributed by atoms with van der Waals surface area (Å²) in [7, 11) is 0. The van der Waals surface area contributed by atoms with E-state index in [0.717, 1.165) is 19.4 Å². The fourth-order valence-electron chi connectivity index (χ4n) is 1.75. The maximum Gasteiger partial charge on any atom is 0.245 e. The lowest BCUT2D eigenvalue weighted by atomic mass is 10.1. The van der Waals surface area contributed by atoms with Gasteiger partial charge in [0.25, 0.3) is 0 Å². The monoisotopic (exact) mass is 227 g/mol. The summed E-state index contributed by atoms with van der Waals surface area (Å²) in [6, 6.07) is -0.589. The third-order valence-electron chi connectivity index (χ3n) is 2.68. The van der Waals surface area contributed by atoms with Crippen LogP contribution in [-0.2, 0) is 11.2 Å². The SMILES string of the molecule is N[C@H](CO)c1nc(CC2CCCCO2)no1. The molecule has 1 aliphatic heterocycles. The number of ether oxygens (including phenoxy) is 1. The van der Waals surface area contributed by atoms with Gasteiger partial charge in [-0.05, 0) is 19.3 Å². The normalized spacial score (nSPS) is 23.2. The molecule has 2 rings (SSSR count). The van der Waals surface area contributed by atoms with Gasteiger partial charge in [0.05, 0.1) is 12.7 Å². The van der Waals surface area contributed by atoms with E-state index in [1.54, 1.807) is 0 Å². The van der Waals surface area contributed by atoms with Crippen LogP contribution in [0.5, 0.6) is 0 Å². The van der Waals surface area contributed by atoms with Gasteiger partial charge in [-0.2, -0.15) is 4.98 Å². The summed E-state index contributed by atoms with van der Waals surface area (Å²) >= 11 is 0. The summed E-state index contributed by atoms with van der Waals surface area (Å²) in [5.41, 5.74) is 5.56. The van der Waals surface area contributed by atoms with E-state index in [-0.39, 0.29) is 18.6 Å². The predicted molar refractivity (Wildman–Crippen MR) is 55.6 cm³/mol. The number of nitrogens with zero attached hydrogens (tertiary/aromatic N) is 2. The zero-order valence-electron chi connectivity index (χ0n) is 9.13. The summed E-state index contributed by atoms with van der Waals surface area (Å²) < 4.78 is 10.5. The van der Waals surface area contributed by atoms with Gasteiger partial charge in [0.15, 0.2) is 5.82 Å². The van der Waals surface area contributed by atoms with Crippen LogP contribution in [0.15, 0.2) is 4.52 Å². The van der Waals surface area contributed by atoms with Gasteiger partial charge in [-0.25, -0.2) is 0 Å². The van der Waals surface area contributed by atoms with E-state index in [1.165, 1.54) is 6.42 Å². The van der Waals surface area contributed by atoms with Crippen molar-refractivity contribution in [2.24, 2.45) is 5.73 Å². The lowest BCUT2D eigenvalue weighted by molar-refractivity contribution is 0.0153. The molecule has 16 heavy (non-hydrogen) atoms. The Kier molecular flexibility index (Phi) is 3.87. The molecule has 1 aromatic rings. The van der Waals surface area contributed by atoms with Crippen molar-refractivity contribution < 1.29 is 14.4 Å². The largest absolute Gasteiger partial charge is 0.394 e. The van der Waals surface area contributed by atoms with Gasteiger partial charge in [0, 0.05) is 13.0 Å². The molecule has 1 saturated heterocycles. The summed E-state index contributed by atoms with van der Waals surface area (Å²) in [5.74, 6) is 0.888. The number of aliphatic hydroxyl groups is 1. The second kappa shape index (κ2) is 5.38. The third-order valence-corrected chi connectivity index (χ3v) is 2.68. The summed E-state index contributed by atoms with van der Waals surface area (Å²) in [4.78, 5) is 4.13. The van der Waals surface area contributed by atoms with Crippen LogP contribution in [0.25, 0.3) is 0 Å². The van der Waals surface area contributed by atoms with Gasteiger partial charge < -0.3 is 20.1 Å². The molecule has 1 unspecified atom stereocenters. The van der Waals surface area contributed by atoms with Crippen molar-refractivity contribution in [1.29, 1.82) is 0 Å². The maximum absolute atomic E-state index is 8.84. The lowest BCUT2D eigenvalue weighted by Gasteiger charge is -2.20. The van der Waals surface area contributed by atoms with E-state index in [9.17, 15) is 0 Å². The van der Waals surface area contributed by atoms with E-state index in [0.29, 0.717) is 12.2 Å². The van der Waals surface area contributed by atoms with Crippen molar-refractivity contribution in [2.45, 2.75) is 37.8 Å². The minimum absolute atomic E-state index is 0.185. The van der Waals surface area contributed by atoms with Gasteiger partial charge in [-0.15, -0.1) is 0 Å². The van der Waals surface area contributed by atoms with Crippen LogP contribution in [0, 0.1) is 0 Å². The molecule has 1 aromatic heterocycles. The Labute approximate surface area is 93.8 Å². The molecule has 0 radical (unpaired) electrons. The molecule has 90 valence electrons. The second-order valence-electron chi connectivity index (χ2n) is 4.03. The fraction of sp³-hybridized carbons (Fsp3) is 0.800. The van der Waals surface area contributed by atoms with Crippen molar-refractivity contribution in [1.82, 2.24) is 10.1 Å². The smallest absolute Gasteiger partial charge is 0.245 e. The Hall–Kier alpha value is -0.980. The topological polar surface area (TPSA) is 94.4 Å². The second-order valence-corrected chi connectivity index (χ2v) is 4.03. The first-order valence-electron chi connectivity index (χ1n) is 5.60. The van der Waals surface area contributed by atoms with Gasteiger partial charge in [0.2, 0.25) is 5.89 Å². The lowest BCUT2D eigenvalue weighted by Crippen LogP contribution is -2.22. The Morgan fingerprint density at radius 1 is 1.50 bits per heavy atom. The van der Waals surface area contributed by atoms with E-state index < -0.39 is 6.04 Å². The fourth-order valence-corrected chi connectivity index (χ4v) is 1.75. The molecular formula is C10H17N3O3. The zero-order chi connectivity index (χ0) is 11.4. The van der Waals surface area contributed by atoms with Gasteiger partial charge >= 0.3 is 0 Å². The Balaban J connectivity index is 1.91. The Bertz CT molecular complexity index is 323. The summed E-state index contributed by atoms with van der Waals surface area (Å²) in [5, 5.41) is 12.7. The van der Waals surface area contributed by atoms with Crippen molar-refractivity contribution >= 4 is 0 Å². The van der Waals surface area contributed by atoms with E-state index in [2.05, 4.69) is 10.1 Å². The Morgan fingerprint density at radius 2 is 2.38 bits per heavy atom. The molecular weight excluding hydrogens is 210 g/mol. The number of aliphatic hydroxyl groups excluding tert-OH is 1. The molecule has 0 amide bonds. The van der Waals surface area contributed by atoms with Crippen molar-refractivity contribution in [3.05, 3.63) is 11.7 Å². The molecule has 1 fully saturated rings. The number of aromatic nitrogens is 2. The maximum atomic E-state index is 8.84. The van der Waals surface area contributed by atoms with Crippen molar-refractivity contribution in [3.63, 3.8) is 0 Å². The molecule has 0 spiro atoms. The van der Waals surface area contributed by atoms with Gasteiger partial charge in [-0.3, -0.25) is 0 Å². The molecule has 0 aliphatic carbocycles. The van der Waals surface area contributed by atoms with Crippen LogP contribution in [0.3, 0.4) is 0 Å². The molecule has 0 bridgehead atoms. The van der Waals surface area contributed by atoms with Crippen molar-refractivity contribution in [3.8, 4) is 0 Å². The van der Waals surface area contributed by atoms with E-state index >= 15 is 0 Å². The first-order chi connectivity index (χ1) is 7.79. The number of rotatable bonds is 4. The van der Waals surface area contributed by atoms with Gasteiger partial charge in [0.1, 0.15) is 6.04 Å². The van der Waals surface area contributed by atoms with Crippen molar-refractivity contribution in [2.75, 3.05) is 13.2 Å². The molecule has 2 atom stereocenters. The molecule has 0 saturated carbocycles.